The summed E-state index contributed by atoms with van der Waals surface area (Å²) in [7, 11) is 0. The molecule has 0 aliphatic carbocycles. The zero-order valence-corrected chi connectivity index (χ0v) is 11.9. The first kappa shape index (κ1) is 20.3. The first-order valence-corrected chi connectivity index (χ1v) is 6.28. The van der Waals surface area contributed by atoms with Crippen molar-refractivity contribution in [3.8, 4) is 0 Å². The molecule has 0 aromatic heterocycles. The van der Waals surface area contributed by atoms with Crippen molar-refractivity contribution in [3.05, 3.63) is 0 Å². The van der Waals surface area contributed by atoms with Crippen LogP contribution in [0.4, 0.5) is 0 Å². The van der Waals surface area contributed by atoms with Crippen molar-refractivity contribution in [3.63, 3.8) is 0 Å². The second-order valence-electron chi connectivity index (χ2n) is 4.52. The number of carboxylic acid groups (broad SMARTS) is 2. The average Bonchev–Trinajstić information content (AvgIpc) is 2.41. The van der Waals surface area contributed by atoms with Crippen molar-refractivity contribution in [1.29, 1.82) is 0 Å². The van der Waals surface area contributed by atoms with Crippen LogP contribution in [0, 0.1) is 0 Å². The van der Waals surface area contributed by atoms with Gasteiger partial charge in [0.15, 0.2) is 0 Å². The summed E-state index contributed by atoms with van der Waals surface area (Å²) in [6.07, 6.45) is -1.39. The van der Waals surface area contributed by atoms with Crippen LogP contribution in [0.5, 0.6) is 0 Å². The minimum atomic E-state index is -1.75. The number of amides is 3. The normalized spacial score (nSPS) is 14.2. The minimum Gasteiger partial charge on any atom is -0.481 e. The molecule has 0 saturated carbocycles. The Morgan fingerprint density at radius 1 is 0.913 bits per heavy atom. The maximum Gasteiger partial charge on any atom is 0.326 e. The number of aliphatic carboxylic acids is 2. The lowest BCUT2D eigenvalue weighted by molar-refractivity contribution is -0.147. The number of rotatable bonds is 10. The lowest BCUT2D eigenvalue weighted by Crippen LogP contribution is -2.56. The highest BCUT2D eigenvalue weighted by molar-refractivity contribution is 5.94. The molecule has 0 rings (SSSR count). The zero-order valence-electron chi connectivity index (χ0n) is 11.9. The Kier molecular flexibility index (Phi) is 8.21. The molecule has 12 heteroatoms. The first-order chi connectivity index (χ1) is 10.6. The van der Waals surface area contributed by atoms with Gasteiger partial charge >= 0.3 is 11.9 Å². The van der Waals surface area contributed by atoms with Crippen molar-refractivity contribution >= 4 is 29.7 Å². The third-order valence-corrected chi connectivity index (χ3v) is 2.57. The Balaban J connectivity index is 4.78. The number of hydrogen-bond donors (Lipinski definition) is 7. The molecule has 130 valence electrons. The highest BCUT2D eigenvalue weighted by Crippen LogP contribution is 1.96. The van der Waals surface area contributed by atoms with Gasteiger partial charge in [0, 0.05) is 0 Å². The van der Waals surface area contributed by atoms with Crippen LogP contribution < -0.4 is 22.1 Å². The second kappa shape index (κ2) is 9.32. The highest BCUT2D eigenvalue weighted by atomic mass is 16.4. The second-order valence-corrected chi connectivity index (χ2v) is 4.52. The molecule has 0 aromatic rings. The summed E-state index contributed by atoms with van der Waals surface area (Å²) < 4.78 is 0. The van der Waals surface area contributed by atoms with Gasteiger partial charge in [0.05, 0.1) is 25.5 Å². The highest BCUT2D eigenvalue weighted by Gasteiger charge is 2.29. The number of primary amides is 1. The number of aliphatic hydroxyl groups excluding tert-OH is 1. The number of hydrogen-bond acceptors (Lipinski definition) is 7. The van der Waals surface area contributed by atoms with Crippen LogP contribution in [-0.2, 0) is 24.0 Å². The summed E-state index contributed by atoms with van der Waals surface area (Å²) in [5, 5.41) is 30.3. The lowest BCUT2D eigenvalue weighted by Gasteiger charge is -2.20. The van der Waals surface area contributed by atoms with Gasteiger partial charge in [0.25, 0.3) is 0 Å². The van der Waals surface area contributed by atoms with Crippen LogP contribution in [0.3, 0.4) is 0 Å². The standard InChI is InChI=1S/C11H18N4O8/c12-4(1-7(13)17)9(20)15-6(3-16)10(21)14-5(11(22)23)2-8(18)19/h4-6,16H,1-3,12H2,(H2,13,17)(H,14,21)(H,15,20)(H,18,19)(H,22,23). The van der Waals surface area contributed by atoms with Gasteiger partial charge < -0.3 is 37.4 Å². The molecule has 0 radical (unpaired) electrons. The summed E-state index contributed by atoms with van der Waals surface area (Å²) in [4.78, 5) is 55.4. The van der Waals surface area contributed by atoms with Gasteiger partial charge in [-0.2, -0.15) is 0 Å². The van der Waals surface area contributed by atoms with E-state index >= 15 is 0 Å². The number of nitrogens with two attached hydrogens (primary N) is 2. The number of carbonyl (C=O) groups is 5. The summed E-state index contributed by atoms with van der Waals surface area (Å²) in [5.74, 6) is -6.02. The van der Waals surface area contributed by atoms with E-state index in [1.165, 1.54) is 0 Å². The molecule has 12 nitrogen and oxygen atoms in total. The largest absolute Gasteiger partial charge is 0.481 e. The van der Waals surface area contributed by atoms with Crippen molar-refractivity contribution in [2.24, 2.45) is 11.5 Å². The summed E-state index contributed by atoms with van der Waals surface area (Å²) >= 11 is 0. The van der Waals surface area contributed by atoms with E-state index in [1.54, 1.807) is 0 Å². The van der Waals surface area contributed by atoms with Crippen molar-refractivity contribution in [1.82, 2.24) is 10.6 Å². The van der Waals surface area contributed by atoms with Crippen molar-refractivity contribution in [2.45, 2.75) is 31.0 Å². The van der Waals surface area contributed by atoms with E-state index in [0.29, 0.717) is 0 Å². The molecule has 0 saturated heterocycles. The van der Waals surface area contributed by atoms with Gasteiger partial charge in [-0.3, -0.25) is 19.2 Å². The van der Waals surface area contributed by atoms with Gasteiger partial charge in [-0.15, -0.1) is 0 Å². The minimum absolute atomic E-state index is 0.498. The predicted octanol–water partition coefficient (Wildman–Crippen LogP) is -4.29. The molecule has 0 fully saturated rings. The molecule has 3 unspecified atom stereocenters. The van der Waals surface area contributed by atoms with Crippen LogP contribution >= 0.6 is 0 Å². The number of carbonyl (C=O) groups excluding carboxylic acids is 3. The van der Waals surface area contributed by atoms with Crippen molar-refractivity contribution < 1.29 is 39.3 Å². The quantitative estimate of drug-likeness (QED) is 0.205. The Morgan fingerprint density at radius 2 is 1.43 bits per heavy atom. The van der Waals surface area contributed by atoms with Gasteiger partial charge in [0.2, 0.25) is 17.7 Å². The SMILES string of the molecule is NC(=O)CC(N)C(=O)NC(CO)C(=O)NC(CC(=O)O)C(=O)O. The summed E-state index contributed by atoms with van der Waals surface area (Å²) in [6, 6.07) is -4.68. The molecule has 9 N–H and O–H groups in total. The van der Waals surface area contributed by atoms with E-state index in [1.807, 2.05) is 10.6 Å². The van der Waals surface area contributed by atoms with E-state index in [9.17, 15) is 24.0 Å². The van der Waals surface area contributed by atoms with E-state index in [-0.39, 0.29) is 0 Å². The molecule has 3 atom stereocenters. The zero-order chi connectivity index (χ0) is 18.2. The van der Waals surface area contributed by atoms with Crippen molar-refractivity contribution in [2.75, 3.05) is 6.61 Å². The fraction of sp³-hybridized carbons (Fsp3) is 0.545. The molecule has 0 heterocycles. The molecule has 0 aromatic carbocycles. The monoisotopic (exact) mass is 334 g/mol. The Morgan fingerprint density at radius 3 is 1.83 bits per heavy atom. The fourth-order valence-electron chi connectivity index (χ4n) is 1.43. The third-order valence-electron chi connectivity index (χ3n) is 2.57. The van der Waals surface area contributed by atoms with E-state index < -0.39 is 67.2 Å². The predicted molar refractivity (Wildman–Crippen MR) is 72.6 cm³/mol. The topological polar surface area (TPSA) is 222 Å². The van der Waals surface area contributed by atoms with Crippen LogP contribution in [0.25, 0.3) is 0 Å². The Hall–Kier alpha value is -2.73. The van der Waals surface area contributed by atoms with E-state index in [4.69, 9.17) is 26.8 Å². The maximum absolute atomic E-state index is 11.8. The molecule has 0 aliphatic heterocycles. The third kappa shape index (κ3) is 7.73. The maximum atomic E-state index is 11.8. The van der Waals surface area contributed by atoms with Gasteiger partial charge in [-0.1, -0.05) is 0 Å². The fourth-order valence-corrected chi connectivity index (χ4v) is 1.43. The molecule has 23 heavy (non-hydrogen) atoms. The average molecular weight is 334 g/mol. The number of aliphatic hydroxyl groups is 1. The summed E-state index contributed by atoms with van der Waals surface area (Å²) in [6.45, 7) is -0.903. The summed E-state index contributed by atoms with van der Waals surface area (Å²) in [5.41, 5.74) is 10.2. The number of nitrogens with one attached hydrogen (secondary N) is 2. The first-order valence-electron chi connectivity index (χ1n) is 6.28. The van der Waals surface area contributed by atoms with Crippen LogP contribution in [0.1, 0.15) is 12.8 Å². The van der Waals surface area contributed by atoms with Crippen LogP contribution in [-0.4, -0.2) is 69.7 Å². The van der Waals surface area contributed by atoms with E-state index in [2.05, 4.69) is 0 Å². The van der Waals surface area contributed by atoms with Gasteiger partial charge in [0.1, 0.15) is 12.1 Å². The number of carboxylic acids is 2. The van der Waals surface area contributed by atoms with Gasteiger partial charge in [-0.05, 0) is 0 Å². The smallest absolute Gasteiger partial charge is 0.326 e. The molecule has 3 amide bonds. The van der Waals surface area contributed by atoms with Gasteiger partial charge in [-0.25, -0.2) is 4.79 Å². The Bertz CT molecular complexity index is 494. The van der Waals surface area contributed by atoms with Crippen LogP contribution in [0.15, 0.2) is 0 Å². The molecule has 0 spiro atoms. The lowest BCUT2D eigenvalue weighted by atomic mass is 10.1. The molecular weight excluding hydrogens is 316 g/mol. The molecule has 0 bridgehead atoms. The van der Waals surface area contributed by atoms with Crippen LogP contribution in [0.2, 0.25) is 0 Å². The molecule has 0 aliphatic rings. The molecular formula is C11H18N4O8. The van der Waals surface area contributed by atoms with E-state index in [0.717, 1.165) is 0 Å². The Labute approximate surface area is 129 Å².